The Hall–Kier alpha value is -5.56. The number of unbranched alkanes of at least 4 members (excludes halogenated alkanes) is 2. The molecule has 6 atom stereocenters. The summed E-state index contributed by atoms with van der Waals surface area (Å²) < 4.78 is 38.0. The average Bonchev–Trinajstić information content (AvgIpc) is 3.77. The average molecular weight is 849 g/mol. The van der Waals surface area contributed by atoms with E-state index in [2.05, 4.69) is 31.9 Å². The number of amides is 1. The van der Waals surface area contributed by atoms with Gasteiger partial charge in [0.15, 0.2) is 11.5 Å². The number of hydrogen-bond acceptors (Lipinski definition) is 11. The van der Waals surface area contributed by atoms with Crippen molar-refractivity contribution in [1.82, 2.24) is 4.90 Å². The van der Waals surface area contributed by atoms with Crippen molar-refractivity contribution in [2.45, 2.75) is 82.3 Å². The third-order valence-corrected chi connectivity index (χ3v) is 12.2. The lowest BCUT2D eigenvalue weighted by molar-refractivity contribution is -0.256. The van der Waals surface area contributed by atoms with Crippen molar-refractivity contribution in [1.29, 1.82) is 0 Å². The van der Waals surface area contributed by atoms with Gasteiger partial charge in [0.05, 0.1) is 24.8 Å². The number of fused-ring (bicyclic) bond motifs is 3. The van der Waals surface area contributed by atoms with Gasteiger partial charge < -0.3 is 43.5 Å². The number of carbonyl (C=O) groups excluding carboxylic acids is 1. The first-order valence-corrected chi connectivity index (χ1v) is 21.9. The van der Waals surface area contributed by atoms with Gasteiger partial charge in [-0.25, -0.2) is 4.79 Å². The van der Waals surface area contributed by atoms with E-state index in [1.807, 2.05) is 60.7 Å². The van der Waals surface area contributed by atoms with Crippen LogP contribution in [0.4, 0.5) is 4.79 Å². The summed E-state index contributed by atoms with van der Waals surface area (Å²) in [7, 11) is 0. The summed E-state index contributed by atoms with van der Waals surface area (Å²) in [5.41, 5.74) is 4.33. The minimum atomic E-state index is -1.47. The quantitative estimate of drug-likeness (QED) is 0.0540. The molecule has 62 heavy (non-hydrogen) atoms. The smallest absolute Gasteiger partial charge is 0.410 e. The van der Waals surface area contributed by atoms with E-state index in [9.17, 15) is 15.0 Å². The molecule has 3 aromatic rings. The number of carbonyl (C=O) groups is 1. The molecule has 6 unspecified atom stereocenters. The number of rotatable bonds is 23. The van der Waals surface area contributed by atoms with E-state index < -0.39 is 23.8 Å². The number of oxime groups is 1. The zero-order chi connectivity index (χ0) is 43.3. The molecule has 0 aromatic heterocycles. The van der Waals surface area contributed by atoms with Crippen LogP contribution in [-0.2, 0) is 27.5 Å². The molecule has 0 saturated heterocycles. The fourth-order valence-corrected chi connectivity index (χ4v) is 9.50. The Morgan fingerprint density at radius 1 is 0.871 bits per heavy atom. The highest BCUT2D eigenvalue weighted by atomic mass is 16.7. The lowest BCUT2D eigenvalue weighted by Crippen LogP contribution is -2.70. The molecule has 0 radical (unpaired) electrons. The van der Waals surface area contributed by atoms with Gasteiger partial charge >= 0.3 is 6.09 Å². The van der Waals surface area contributed by atoms with Gasteiger partial charge in [0.1, 0.15) is 30.8 Å². The molecule has 2 aliphatic carbocycles. The summed E-state index contributed by atoms with van der Waals surface area (Å²) >= 11 is 0. The largest absolute Gasteiger partial charge is 0.490 e. The summed E-state index contributed by atoms with van der Waals surface area (Å²) in [6, 6.07) is 20.6. The fraction of sp³-hybridized carbons (Fsp3) is 0.440. The minimum absolute atomic E-state index is 0.0464. The fourth-order valence-electron chi connectivity index (χ4n) is 9.50. The maximum Gasteiger partial charge on any atom is 0.410 e. The second-order valence-corrected chi connectivity index (χ2v) is 16.1. The van der Waals surface area contributed by atoms with Crippen molar-refractivity contribution >= 4 is 11.8 Å². The summed E-state index contributed by atoms with van der Waals surface area (Å²) in [6.07, 6.45) is 12.2. The van der Waals surface area contributed by atoms with Gasteiger partial charge in [0.2, 0.25) is 12.6 Å². The summed E-state index contributed by atoms with van der Waals surface area (Å²) in [6.45, 7) is 13.0. The Morgan fingerprint density at radius 2 is 1.65 bits per heavy atom. The van der Waals surface area contributed by atoms with Gasteiger partial charge in [0, 0.05) is 37.7 Å². The Kier molecular flexibility index (Phi) is 15.4. The molecule has 1 fully saturated rings. The van der Waals surface area contributed by atoms with Crippen LogP contribution in [0.3, 0.4) is 0 Å². The zero-order valence-electron chi connectivity index (χ0n) is 35.5. The summed E-state index contributed by atoms with van der Waals surface area (Å²) in [4.78, 5) is 22.7. The first-order valence-electron chi connectivity index (χ1n) is 21.9. The number of benzene rings is 3. The van der Waals surface area contributed by atoms with Crippen LogP contribution in [0.25, 0.3) is 0 Å². The third-order valence-electron chi connectivity index (χ3n) is 12.2. The van der Waals surface area contributed by atoms with Crippen LogP contribution in [-0.4, -0.2) is 78.6 Å². The molecule has 1 amide bonds. The van der Waals surface area contributed by atoms with Crippen LogP contribution in [0, 0.1) is 17.8 Å². The zero-order valence-corrected chi connectivity index (χ0v) is 35.5. The van der Waals surface area contributed by atoms with Crippen molar-refractivity contribution in [3.8, 4) is 23.0 Å². The molecular formula is C50H60N2O10. The predicted molar refractivity (Wildman–Crippen MR) is 236 cm³/mol. The van der Waals surface area contributed by atoms with Crippen LogP contribution >= 0.6 is 0 Å². The van der Waals surface area contributed by atoms with E-state index >= 15 is 0 Å². The topological polar surface area (TPSA) is 138 Å². The molecule has 0 bridgehead atoms. The van der Waals surface area contributed by atoms with Crippen LogP contribution in [0.2, 0.25) is 0 Å². The summed E-state index contributed by atoms with van der Waals surface area (Å²) in [5, 5.41) is 24.8. The molecule has 0 spiro atoms. The molecule has 1 saturated carbocycles. The molecule has 2 N–H and O–H groups in total. The molecule has 7 rings (SSSR count). The highest BCUT2D eigenvalue weighted by Gasteiger charge is 2.65. The molecule has 12 nitrogen and oxygen atoms in total. The van der Waals surface area contributed by atoms with Gasteiger partial charge in [-0.2, -0.15) is 0 Å². The number of aliphatic hydroxyl groups is 2. The molecule has 2 heterocycles. The normalized spacial score (nSPS) is 23.5. The number of allylic oxidation sites excluding steroid dienone is 1. The van der Waals surface area contributed by atoms with Crippen LogP contribution in [0.1, 0.15) is 74.0 Å². The Morgan fingerprint density at radius 3 is 2.42 bits per heavy atom. The Labute approximate surface area is 365 Å². The minimum Gasteiger partial charge on any atom is -0.490 e. The van der Waals surface area contributed by atoms with E-state index in [0.717, 1.165) is 47.9 Å². The van der Waals surface area contributed by atoms with Crippen molar-refractivity contribution in [2.24, 2.45) is 22.9 Å². The molecule has 12 heteroatoms. The van der Waals surface area contributed by atoms with Gasteiger partial charge in [-0.1, -0.05) is 85.3 Å². The van der Waals surface area contributed by atoms with Gasteiger partial charge in [-0.3, -0.25) is 4.90 Å². The highest BCUT2D eigenvalue weighted by molar-refractivity contribution is 6.03. The van der Waals surface area contributed by atoms with E-state index in [-0.39, 0.29) is 70.5 Å². The van der Waals surface area contributed by atoms with Crippen LogP contribution < -0.4 is 18.9 Å². The van der Waals surface area contributed by atoms with E-state index in [1.54, 1.807) is 23.1 Å². The Balaban J connectivity index is 1.44. The van der Waals surface area contributed by atoms with Gasteiger partial charge in [-0.15, -0.1) is 13.2 Å². The number of ether oxygens (including phenoxy) is 6. The van der Waals surface area contributed by atoms with Gasteiger partial charge in [-0.05, 0) is 91.0 Å². The highest BCUT2D eigenvalue weighted by Crippen LogP contribution is 2.62. The van der Waals surface area contributed by atoms with E-state index in [1.165, 1.54) is 0 Å². The monoisotopic (exact) mass is 848 g/mol. The maximum absolute atomic E-state index is 14.8. The first-order chi connectivity index (χ1) is 30.4. The number of nitrogens with zero attached hydrogens (tertiary/aromatic N) is 2. The second kappa shape index (κ2) is 21.5. The van der Waals surface area contributed by atoms with Crippen molar-refractivity contribution in [3.63, 3.8) is 0 Å². The maximum atomic E-state index is 14.8. The molecule has 2 aliphatic heterocycles. The summed E-state index contributed by atoms with van der Waals surface area (Å²) in [5.74, 6) is 0.440. The number of hydrogen-bond donors (Lipinski definition) is 2. The van der Waals surface area contributed by atoms with E-state index in [4.69, 9.17) is 38.4 Å². The molecular weight excluding hydrogens is 789 g/mol. The van der Waals surface area contributed by atoms with E-state index in [0.29, 0.717) is 54.6 Å². The lowest BCUT2D eigenvalue weighted by atomic mass is 9.55. The molecule has 3 aromatic carbocycles. The van der Waals surface area contributed by atoms with Crippen LogP contribution in [0.15, 0.2) is 121 Å². The Bertz CT molecular complexity index is 2070. The SMILES string of the molecule is C=CCCOC(=O)N(Cc1ccc2c(c1)OCO2)C1CC(=NOCc2ccccc2)C2=CC(CCCCO)C(CCCCO)C3c4cc(OCC=C)ccc4OC1(OCC=C)C23. The first kappa shape index (κ1) is 44.5. The van der Waals surface area contributed by atoms with Crippen LogP contribution in [0.5, 0.6) is 23.0 Å². The predicted octanol–water partition coefficient (Wildman–Crippen LogP) is 9.03. The lowest BCUT2D eigenvalue weighted by Gasteiger charge is -2.59. The second-order valence-electron chi connectivity index (χ2n) is 16.1. The van der Waals surface area contributed by atoms with Crippen molar-refractivity contribution in [2.75, 3.05) is 39.8 Å². The van der Waals surface area contributed by atoms with Gasteiger partial charge in [0.25, 0.3) is 0 Å². The third kappa shape index (κ3) is 9.88. The number of aliphatic hydroxyl groups excluding tert-OH is 2. The van der Waals surface area contributed by atoms with Crippen molar-refractivity contribution < 1.29 is 48.3 Å². The molecule has 4 aliphatic rings. The standard InChI is InChI=1S/C50H60N2O10/c1-4-7-27-57-49(55)52(32-36-19-21-44-45(28-36)59-34-58-44)46-31-42(51-61-33-35-15-9-8-10-16-35)40-29-37(17-11-13-23-53)39(18-12-14-24-54)47-41-30-38(56-25-5-2)20-22-43(41)62-50(46,48(40)47)60-26-6-3/h4-6,8-10,15-16,19-22,28-30,37,39,46-48,53-54H,1-3,7,11-14,17-18,23-27,31-34H2. The van der Waals surface area contributed by atoms with Crippen molar-refractivity contribution in [3.05, 3.63) is 133 Å². The molecule has 330 valence electrons.